The zero-order chi connectivity index (χ0) is 17.3. The number of aryl methyl sites for hydroxylation is 1. The molecule has 3 aromatic rings. The van der Waals surface area contributed by atoms with Crippen molar-refractivity contribution in [1.82, 2.24) is 19.5 Å². The number of benzene rings is 1. The molecule has 7 heteroatoms. The molecule has 0 saturated heterocycles. The maximum absolute atomic E-state index is 13.1. The Morgan fingerprint density at radius 3 is 2.62 bits per heavy atom. The lowest BCUT2D eigenvalue weighted by Crippen LogP contribution is -2.31. The van der Waals surface area contributed by atoms with Crippen molar-refractivity contribution in [2.45, 2.75) is 39.9 Å². The summed E-state index contributed by atoms with van der Waals surface area (Å²) in [7, 11) is 0. The van der Waals surface area contributed by atoms with Gasteiger partial charge in [0.15, 0.2) is 0 Å². The van der Waals surface area contributed by atoms with E-state index in [1.54, 1.807) is 12.1 Å². The summed E-state index contributed by atoms with van der Waals surface area (Å²) in [5.74, 6) is -0.240. The van der Waals surface area contributed by atoms with Crippen molar-refractivity contribution in [3.8, 4) is 0 Å². The monoisotopic (exact) mass is 346 g/mol. The van der Waals surface area contributed by atoms with Crippen molar-refractivity contribution in [3.63, 3.8) is 0 Å². The van der Waals surface area contributed by atoms with Gasteiger partial charge in [0.25, 0.3) is 5.56 Å². The Morgan fingerprint density at radius 2 is 1.96 bits per heavy atom. The molecule has 0 unspecified atom stereocenters. The molecule has 0 aliphatic rings. The lowest BCUT2D eigenvalue weighted by molar-refractivity contribution is 0.201. The van der Waals surface area contributed by atoms with Crippen molar-refractivity contribution < 1.29 is 4.39 Å². The Kier molecular flexibility index (Phi) is 4.73. The Bertz CT molecular complexity index is 901. The average molecular weight is 346 g/mol. The molecule has 0 saturated carbocycles. The van der Waals surface area contributed by atoms with Gasteiger partial charge in [0.05, 0.1) is 5.69 Å². The standard InChI is InChI=1S/C17H19FN4OS/c1-11(2)21(9-13-4-6-14(18)7-5-13)10-15-8-16(23)22-17(19-15)24-12(3)20-22/h4-8,11H,9-10H2,1-3H3. The molecule has 0 aliphatic heterocycles. The van der Waals surface area contributed by atoms with E-state index in [0.717, 1.165) is 16.3 Å². The molecule has 1 aromatic carbocycles. The van der Waals surface area contributed by atoms with Crippen LogP contribution in [0.15, 0.2) is 35.1 Å². The molecule has 5 nitrogen and oxygen atoms in total. The van der Waals surface area contributed by atoms with Crippen LogP contribution in [0.4, 0.5) is 4.39 Å². The summed E-state index contributed by atoms with van der Waals surface area (Å²) in [6.07, 6.45) is 0. The van der Waals surface area contributed by atoms with E-state index in [9.17, 15) is 9.18 Å². The number of halogens is 1. The summed E-state index contributed by atoms with van der Waals surface area (Å²) in [6.45, 7) is 7.25. The summed E-state index contributed by atoms with van der Waals surface area (Å²) >= 11 is 1.40. The molecule has 0 bridgehead atoms. The highest BCUT2D eigenvalue weighted by molar-refractivity contribution is 7.16. The zero-order valence-electron chi connectivity index (χ0n) is 13.9. The third-order valence-corrected chi connectivity index (χ3v) is 4.62. The van der Waals surface area contributed by atoms with Crippen molar-refractivity contribution in [1.29, 1.82) is 0 Å². The fraction of sp³-hybridized carbons (Fsp3) is 0.353. The van der Waals surface area contributed by atoms with Gasteiger partial charge >= 0.3 is 0 Å². The Balaban J connectivity index is 1.85. The first-order chi connectivity index (χ1) is 11.4. The highest BCUT2D eigenvalue weighted by Crippen LogP contribution is 2.14. The van der Waals surface area contributed by atoms with E-state index < -0.39 is 0 Å². The molecule has 2 aromatic heterocycles. The van der Waals surface area contributed by atoms with Gasteiger partial charge in [0.1, 0.15) is 10.8 Å². The summed E-state index contributed by atoms with van der Waals surface area (Å²) in [6, 6.07) is 8.28. The van der Waals surface area contributed by atoms with Crippen LogP contribution in [0.2, 0.25) is 0 Å². The summed E-state index contributed by atoms with van der Waals surface area (Å²) in [4.78, 5) is 19.5. The number of rotatable bonds is 5. The molecule has 0 N–H and O–H groups in total. The number of nitrogens with zero attached hydrogens (tertiary/aromatic N) is 4. The molecule has 0 atom stereocenters. The predicted octanol–water partition coefficient (Wildman–Crippen LogP) is 3.01. The smallest absolute Gasteiger partial charge is 0.275 e. The number of fused-ring (bicyclic) bond motifs is 1. The van der Waals surface area contributed by atoms with Gasteiger partial charge < -0.3 is 0 Å². The summed E-state index contributed by atoms with van der Waals surface area (Å²) in [5, 5.41) is 4.96. The fourth-order valence-corrected chi connectivity index (χ4v) is 3.25. The predicted molar refractivity (Wildman–Crippen MR) is 92.7 cm³/mol. The lowest BCUT2D eigenvalue weighted by Gasteiger charge is -2.26. The zero-order valence-corrected chi connectivity index (χ0v) is 14.7. The van der Waals surface area contributed by atoms with E-state index in [2.05, 4.69) is 28.8 Å². The minimum atomic E-state index is -0.240. The highest BCUT2D eigenvalue weighted by atomic mass is 32.1. The van der Waals surface area contributed by atoms with Gasteiger partial charge in [-0.2, -0.15) is 9.61 Å². The first-order valence-electron chi connectivity index (χ1n) is 7.77. The molecule has 0 spiro atoms. The molecule has 3 rings (SSSR count). The molecular weight excluding hydrogens is 327 g/mol. The van der Waals surface area contributed by atoms with Crippen molar-refractivity contribution >= 4 is 16.3 Å². The van der Waals surface area contributed by atoms with Crippen LogP contribution in [0, 0.1) is 12.7 Å². The number of aromatic nitrogens is 3. The van der Waals surface area contributed by atoms with Gasteiger partial charge in [0, 0.05) is 25.2 Å². The maximum Gasteiger partial charge on any atom is 0.275 e. The van der Waals surface area contributed by atoms with E-state index in [1.165, 1.54) is 34.1 Å². The lowest BCUT2D eigenvalue weighted by atomic mass is 10.1. The number of hydrogen-bond acceptors (Lipinski definition) is 5. The van der Waals surface area contributed by atoms with Gasteiger partial charge in [-0.25, -0.2) is 9.37 Å². The molecule has 126 valence electrons. The van der Waals surface area contributed by atoms with Crippen LogP contribution in [-0.4, -0.2) is 25.5 Å². The molecule has 0 aliphatic carbocycles. The van der Waals surface area contributed by atoms with Crippen molar-refractivity contribution in [2.75, 3.05) is 0 Å². The van der Waals surface area contributed by atoms with E-state index in [0.29, 0.717) is 18.1 Å². The van der Waals surface area contributed by atoms with Gasteiger partial charge in [-0.3, -0.25) is 9.69 Å². The van der Waals surface area contributed by atoms with Gasteiger partial charge in [0.2, 0.25) is 4.96 Å². The van der Waals surface area contributed by atoms with E-state index in [1.807, 2.05) is 6.92 Å². The largest absolute Gasteiger partial charge is 0.291 e. The van der Waals surface area contributed by atoms with Crippen LogP contribution in [0.3, 0.4) is 0 Å². The maximum atomic E-state index is 13.1. The van der Waals surface area contributed by atoms with E-state index in [-0.39, 0.29) is 17.4 Å². The first kappa shape index (κ1) is 16.7. The third kappa shape index (κ3) is 3.68. The summed E-state index contributed by atoms with van der Waals surface area (Å²) in [5.41, 5.74) is 1.58. The fourth-order valence-electron chi connectivity index (χ4n) is 2.49. The van der Waals surface area contributed by atoms with Crippen LogP contribution >= 0.6 is 11.3 Å². The third-order valence-electron chi connectivity index (χ3n) is 3.79. The highest BCUT2D eigenvalue weighted by Gasteiger charge is 2.14. The number of hydrogen-bond donors (Lipinski definition) is 0. The topological polar surface area (TPSA) is 50.5 Å². The van der Waals surface area contributed by atoms with Crippen LogP contribution < -0.4 is 5.56 Å². The van der Waals surface area contributed by atoms with Crippen LogP contribution in [-0.2, 0) is 13.1 Å². The minimum Gasteiger partial charge on any atom is -0.291 e. The van der Waals surface area contributed by atoms with Crippen LogP contribution in [0.5, 0.6) is 0 Å². The van der Waals surface area contributed by atoms with E-state index >= 15 is 0 Å². The minimum absolute atomic E-state index is 0.162. The Morgan fingerprint density at radius 1 is 1.25 bits per heavy atom. The Labute approximate surface area is 143 Å². The van der Waals surface area contributed by atoms with Gasteiger partial charge in [-0.15, -0.1) is 0 Å². The second-order valence-electron chi connectivity index (χ2n) is 6.03. The Hall–Kier alpha value is -2.12. The molecular formula is C17H19FN4OS. The molecule has 24 heavy (non-hydrogen) atoms. The van der Waals surface area contributed by atoms with Gasteiger partial charge in [-0.05, 0) is 38.5 Å². The van der Waals surface area contributed by atoms with Crippen molar-refractivity contribution in [3.05, 3.63) is 62.8 Å². The first-order valence-corrected chi connectivity index (χ1v) is 8.59. The molecule has 0 amide bonds. The van der Waals surface area contributed by atoms with E-state index in [4.69, 9.17) is 0 Å². The molecule has 2 heterocycles. The molecule has 0 fully saturated rings. The second kappa shape index (κ2) is 6.78. The van der Waals surface area contributed by atoms with Crippen molar-refractivity contribution in [2.24, 2.45) is 0 Å². The van der Waals surface area contributed by atoms with Crippen LogP contribution in [0.25, 0.3) is 4.96 Å². The van der Waals surface area contributed by atoms with Crippen LogP contribution in [0.1, 0.15) is 30.1 Å². The molecule has 0 radical (unpaired) electrons. The summed E-state index contributed by atoms with van der Waals surface area (Å²) < 4.78 is 14.4. The quantitative estimate of drug-likeness (QED) is 0.713. The SMILES string of the molecule is Cc1nn2c(=O)cc(CN(Cc3ccc(F)cc3)C(C)C)nc2s1. The average Bonchev–Trinajstić information content (AvgIpc) is 2.89. The normalized spacial score (nSPS) is 11.8. The van der Waals surface area contributed by atoms with Gasteiger partial charge in [-0.1, -0.05) is 23.5 Å². The second-order valence-corrected chi connectivity index (χ2v) is 7.19.